The van der Waals surface area contributed by atoms with Crippen LogP contribution in [0.15, 0.2) is 4.34 Å². The summed E-state index contributed by atoms with van der Waals surface area (Å²) in [4.78, 5) is 14.0. The zero-order chi connectivity index (χ0) is 14.4. The molecule has 4 rings (SSSR count). The highest BCUT2D eigenvalue weighted by molar-refractivity contribution is 7.86. The minimum atomic E-state index is -1.05. The van der Waals surface area contributed by atoms with Gasteiger partial charge in [-0.05, 0) is 25.7 Å². The van der Waals surface area contributed by atoms with Crippen LogP contribution in [0.3, 0.4) is 0 Å². The van der Waals surface area contributed by atoms with Gasteiger partial charge >= 0.3 is 0 Å². The van der Waals surface area contributed by atoms with Crippen LogP contribution in [0.2, 0.25) is 0 Å². The molecule has 2 aromatic heterocycles. The van der Waals surface area contributed by atoms with Gasteiger partial charge in [0.25, 0.3) is 0 Å². The third-order valence-corrected chi connectivity index (χ3v) is 6.47. The van der Waals surface area contributed by atoms with Crippen molar-refractivity contribution < 1.29 is 8.95 Å². The molecule has 0 aromatic carbocycles. The van der Waals surface area contributed by atoms with Crippen LogP contribution in [0.25, 0.3) is 10.3 Å². The van der Waals surface area contributed by atoms with Crippen LogP contribution in [-0.2, 0) is 15.5 Å². The molecule has 7 heteroatoms. The Morgan fingerprint density at radius 3 is 2.52 bits per heavy atom. The standard InChI is InChI=1S/C14H17N3O2S2/c1-21(18)14-17-13-11(20-14)10(8-2-3-8)15-12(16-13)9-4-6-19-7-5-9/h8-9H,2-7H2,1H3. The summed E-state index contributed by atoms with van der Waals surface area (Å²) < 4.78 is 18.8. The highest BCUT2D eigenvalue weighted by atomic mass is 32.2. The molecule has 1 unspecified atom stereocenters. The maximum Gasteiger partial charge on any atom is 0.183 e. The van der Waals surface area contributed by atoms with E-state index in [0.717, 1.165) is 47.9 Å². The van der Waals surface area contributed by atoms with Gasteiger partial charge in [0.15, 0.2) is 9.99 Å². The Balaban J connectivity index is 1.82. The largest absolute Gasteiger partial charge is 0.381 e. The second-order valence-electron chi connectivity index (χ2n) is 5.71. The first kappa shape index (κ1) is 13.7. The lowest BCUT2D eigenvalue weighted by atomic mass is 9.99. The molecule has 1 atom stereocenters. The molecular formula is C14H17N3O2S2. The molecule has 2 fully saturated rings. The average molecular weight is 323 g/mol. The van der Waals surface area contributed by atoms with E-state index in [0.29, 0.717) is 16.2 Å². The number of fused-ring (bicyclic) bond motifs is 1. The van der Waals surface area contributed by atoms with E-state index in [1.165, 1.54) is 24.2 Å². The van der Waals surface area contributed by atoms with Gasteiger partial charge in [0.05, 0.1) is 21.2 Å². The van der Waals surface area contributed by atoms with Gasteiger partial charge < -0.3 is 4.74 Å². The Morgan fingerprint density at radius 1 is 1.10 bits per heavy atom. The summed E-state index contributed by atoms with van der Waals surface area (Å²) in [6.45, 7) is 1.57. The molecule has 5 nitrogen and oxygen atoms in total. The Morgan fingerprint density at radius 2 is 1.86 bits per heavy atom. The normalized spacial score (nSPS) is 21.8. The highest BCUT2D eigenvalue weighted by Crippen LogP contribution is 2.44. The molecular weight excluding hydrogens is 306 g/mol. The first-order valence-corrected chi connectivity index (χ1v) is 9.69. The maximum atomic E-state index is 11.7. The molecule has 112 valence electrons. The number of thiazole rings is 1. The average Bonchev–Trinajstić information content (AvgIpc) is 3.25. The SMILES string of the molecule is CS(=O)c1nc2nc(C3CCOCC3)nc(C3CC3)c2s1. The maximum absolute atomic E-state index is 11.7. The molecule has 0 bridgehead atoms. The number of hydrogen-bond acceptors (Lipinski definition) is 6. The van der Waals surface area contributed by atoms with Crippen molar-refractivity contribution in [1.82, 2.24) is 15.0 Å². The van der Waals surface area contributed by atoms with Crippen LogP contribution in [-0.4, -0.2) is 38.6 Å². The molecule has 0 spiro atoms. The van der Waals surface area contributed by atoms with Gasteiger partial charge in [-0.2, -0.15) is 0 Å². The predicted molar refractivity (Wildman–Crippen MR) is 82.3 cm³/mol. The molecule has 3 heterocycles. The van der Waals surface area contributed by atoms with E-state index in [-0.39, 0.29) is 0 Å². The molecule has 2 aliphatic rings. The van der Waals surface area contributed by atoms with Crippen molar-refractivity contribution in [1.29, 1.82) is 0 Å². The van der Waals surface area contributed by atoms with E-state index in [1.807, 2.05) is 0 Å². The fourth-order valence-electron chi connectivity index (χ4n) is 2.74. The van der Waals surface area contributed by atoms with Gasteiger partial charge in [-0.15, -0.1) is 11.3 Å². The number of rotatable bonds is 3. The molecule has 1 saturated carbocycles. The smallest absolute Gasteiger partial charge is 0.183 e. The Labute approximate surface area is 129 Å². The molecule has 1 aliphatic heterocycles. The van der Waals surface area contributed by atoms with E-state index < -0.39 is 10.8 Å². The summed E-state index contributed by atoms with van der Waals surface area (Å²) in [5, 5.41) is 0. The van der Waals surface area contributed by atoms with Crippen molar-refractivity contribution in [3.63, 3.8) is 0 Å². The highest BCUT2D eigenvalue weighted by Gasteiger charge is 2.31. The first-order chi connectivity index (χ1) is 10.2. The van der Waals surface area contributed by atoms with Gasteiger partial charge in [-0.3, -0.25) is 4.21 Å². The van der Waals surface area contributed by atoms with Crippen LogP contribution < -0.4 is 0 Å². The van der Waals surface area contributed by atoms with Gasteiger partial charge in [0.2, 0.25) is 0 Å². The van der Waals surface area contributed by atoms with Gasteiger partial charge in [0, 0.05) is 31.3 Å². The van der Waals surface area contributed by atoms with E-state index in [1.54, 1.807) is 6.26 Å². The second-order valence-corrected chi connectivity index (χ2v) is 8.27. The summed E-state index contributed by atoms with van der Waals surface area (Å²) >= 11 is 1.49. The molecule has 0 amide bonds. The van der Waals surface area contributed by atoms with Crippen molar-refractivity contribution in [3.05, 3.63) is 11.5 Å². The zero-order valence-corrected chi connectivity index (χ0v) is 13.5. The van der Waals surface area contributed by atoms with E-state index >= 15 is 0 Å². The van der Waals surface area contributed by atoms with E-state index in [2.05, 4.69) is 9.97 Å². The van der Waals surface area contributed by atoms with Crippen molar-refractivity contribution in [2.75, 3.05) is 19.5 Å². The minimum absolute atomic E-state index is 0.373. The summed E-state index contributed by atoms with van der Waals surface area (Å²) in [6, 6.07) is 0. The van der Waals surface area contributed by atoms with E-state index in [9.17, 15) is 4.21 Å². The lowest BCUT2D eigenvalue weighted by molar-refractivity contribution is 0.0836. The van der Waals surface area contributed by atoms with Crippen LogP contribution in [0.4, 0.5) is 0 Å². The van der Waals surface area contributed by atoms with Crippen LogP contribution in [0.1, 0.15) is 49.0 Å². The van der Waals surface area contributed by atoms with Gasteiger partial charge in [0.1, 0.15) is 5.82 Å². The van der Waals surface area contributed by atoms with Crippen LogP contribution in [0, 0.1) is 0 Å². The Bertz CT molecular complexity index is 706. The van der Waals surface area contributed by atoms with Crippen molar-refractivity contribution in [3.8, 4) is 0 Å². The summed E-state index contributed by atoms with van der Waals surface area (Å²) in [7, 11) is -1.05. The fourth-order valence-corrected chi connectivity index (χ4v) is 4.48. The molecule has 0 radical (unpaired) electrons. The first-order valence-electron chi connectivity index (χ1n) is 7.32. The number of aromatic nitrogens is 3. The summed E-state index contributed by atoms with van der Waals surface area (Å²) in [5.74, 6) is 1.83. The molecule has 1 saturated heterocycles. The second kappa shape index (κ2) is 5.37. The number of nitrogens with zero attached hydrogens (tertiary/aromatic N) is 3. The third-order valence-electron chi connectivity index (χ3n) is 4.07. The molecule has 21 heavy (non-hydrogen) atoms. The van der Waals surface area contributed by atoms with Gasteiger partial charge in [-0.25, -0.2) is 15.0 Å². The predicted octanol–water partition coefficient (Wildman–Crippen LogP) is 2.60. The summed E-state index contributed by atoms with van der Waals surface area (Å²) in [5.41, 5.74) is 1.87. The van der Waals surface area contributed by atoms with Crippen LogP contribution >= 0.6 is 11.3 Å². The Hall–Kier alpha value is -0.920. The third kappa shape index (κ3) is 2.62. The van der Waals surface area contributed by atoms with Crippen LogP contribution in [0.5, 0.6) is 0 Å². The minimum Gasteiger partial charge on any atom is -0.381 e. The molecule has 1 aliphatic carbocycles. The van der Waals surface area contributed by atoms with E-state index in [4.69, 9.17) is 9.72 Å². The number of ether oxygens (including phenoxy) is 1. The summed E-state index contributed by atoms with van der Waals surface area (Å²) in [6.07, 6.45) is 6.02. The molecule has 2 aromatic rings. The van der Waals surface area contributed by atoms with Crippen molar-refractivity contribution in [2.24, 2.45) is 0 Å². The molecule has 0 N–H and O–H groups in total. The monoisotopic (exact) mass is 323 g/mol. The fraction of sp³-hybridized carbons (Fsp3) is 0.643. The van der Waals surface area contributed by atoms with Crippen molar-refractivity contribution >= 4 is 32.5 Å². The number of hydrogen-bond donors (Lipinski definition) is 0. The van der Waals surface area contributed by atoms with Crippen molar-refractivity contribution in [2.45, 2.75) is 41.9 Å². The Kier molecular flexibility index (Phi) is 3.51. The quantitative estimate of drug-likeness (QED) is 0.868. The lowest BCUT2D eigenvalue weighted by Crippen LogP contribution is -2.17. The zero-order valence-electron chi connectivity index (χ0n) is 11.9. The lowest BCUT2D eigenvalue weighted by Gasteiger charge is -2.21. The van der Waals surface area contributed by atoms with Gasteiger partial charge in [-0.1, -0.05) is 0 Å². The topological polar surface area (TPSA) is 65.0 Å².